The van der Waals surface area contributed by atoms with Crippen LogP contribution in [0.15, 0.2) is 54.2 Å². The molecule has 6 nitrogen and oxygen atoms in total. The Hall–Kier alpha value is -3.12. The first kappa shape index (κ1) is 21.2. The molecule has 0 aromatic heterocycles. The molecule has 0 aliphatic rings. The van der Waals surface area contributed by atoms with Crippen molar-refractivity contribution < 1.29 is 14.3 Å². The zero-order chi connectivity index (χ0) is 20.5. The first-order valence-corrected chi connectivity index (χ1v) is 9.05. The smallest absolute Gasteiger partial charge is 0.267 e. The van der Waals surface area contributed by atoms with E-state index in [1.54, 1.807) is 37.5 Å². The minimum atomic E-state index is -0.335. The van der Waals surface area contributed by atoms with Crippen molar-refractivity contribution in [3.05, 3.63) is 70.9 Å². The average Bonchev–Trinajstić information content (AvgIpc) is 2.68. The lowest BCUT2D eigenvalue weighted by Gasteiger charge is -2.13. The fourth-order valence-electron chi connectivity index (χ4n) is 2.41. The van der Waals surface area contributed by atoms with Crippen LogP contribution in [-0.2, 0) is 4.79 Å². The predicted octanol–water partition coefficient (Wildman–Crippen LogP) is 2.45. The highest BCUT2D eigenvalue weighted by Gasteiger charge is 2.14. The number of aryl methyl sites for hydroxylation is 1. The summed E-state index contributed by atoms with van der Waals surface area (Å²) < 4.78 is 5.15. The molecule has 0 saturated carbocycles. The van der Waals surface area contributed by atoms with E-state index in [2.05, 4.69) is 10.6 Å². The monoisotopic (exact) mass is 381 g/mol. The fraction of sp³-hybridized carbons (Fsp3) is 0.273. The van der Waals surface area contributed by atoms with Crippen molar-refractivity contribution in [2.24, 2.45) is 0 Å². The molecule has 2 amide bonds. The van der Waals surface area contributed by atoms with Crippen LogP contribution in [-0.4, -0.2) is 51.0 Å². The summed E-state index contributed by atoms with van der Waals surface area (Å²) in [5, 5.41) is 5.57. The number of likely N-dealkylation sites (N-methyl/N-ethyl adjacent to an activating group) is 1. The molecule has 28 heavy (non-hydrogen) atoms. The molecule has 0 aliphatic heterocycles. The Morgan fingerprint density at radius 3 is 2.25 bits per heavy atom. The number of carbonyl (C=O) groups excluding carboxylic acids is 2. The number of hydrogen-bond donors (Lipinski definition) is 2. The summed E-state index contributed by atoms with van der Waals surface area (Å²) in [5.74, 6) is 0.0541. The van der Waals surface area contributed by atoms with Gasteiger partial charge in [0.2, 0.25) is 0 Å². The minimum Gasteiger partial charge on any atom is -0.497 e. The Morgan fingerprint density at radius 2 is 1.68 bits per heavy atom. The SMILES string of the molecule is COc1ccc(C=C(NC(=O)c2ccc(C)cc2)C(=O)NCCN(C)C)cc1. The fourth-order valence-corrected chi connectivity index (χ4v) is 2.41. The third-order valence-corrected chi connectivity index (χ3v) is 4.08. The summed E-state index contributed by atoms with van der Waals surface area (Å²) in [5.41, 5.74) is 2.52. The average molecular weight is 381 g/mol. The van der Waals surface area contributed by atoms with E-state index < -0.39 is 0 Å². The van der Waals surface area contributed by atoms with Gasteiger partial charge >= 0.3 is 0 Å². The van der Waals surface area contributed by atoms with Gasteiger partial charge in [-0.3, -0.25) is 9.59 Å². The van der Waals surface area contributed by atoms with Crippen molar-refractivity contribution in [3.8, 4) is 5.75 Å². The maximum Gasteiger partial charge on any atom is 0.267 e. The van der Waals surface area contributed by atoms with Crippen LogP contribution < -0.4 is 15.4 Å². The number of rotatable bonds is 8. The molecule has 6 heteroatoms. The van der Waals surface area contributed by atoms with Crippen molar-refractivity contribution in [1.29, 1.82) is 0 Å². The van der Waals surface area contributed by atoms with Gasteiger partial charge in [-0.2, -0.15) is 0 Å². The molecule has 2 rings (SSSR count). The molecule has 0 bridgehead atoms. The van der Waals surface area contributed by atoms with E-state index in [0.29, 0.717) is 18.7 Å². The number of carbonyl (C=O) groups is 2. The van der Waals surface area contributed by atoms with E-state index in [1.165, 1.54) is 0 Å². The van der Waals surface area contributed by atoms with E-state index in [0.717, 1.165) is 16.9 Å². The van der Waals surface area contributed by atoms with Gasteiger partial charge in [0.15, 0.2) is 0 Å². The topological polar surface area (TPSA) is 70.7 Å². The van der Waals surface area contributed by atoms with E-state index in [9.17, 15) is 9.59 Å². The number of nitrogens with one attached hydrogen (secondary N) is 2. The quantitative estimate of drug-likeness (QED) is 0.689. The van der Waals surface area contributed by atoms with Gasteiger partial charge in [0.05, 0.1) is 7.11 Å². The molecule has 148 valence electrons. The summed E-state index contributed by atoms with van der Waals surface area (Å²) in [6, 6.07) is 14.4. The number of hydrogen-bond acceptors (Lipinski definition) is 4. The standard InChI is InChI=1S/C22H27N3O3/c1-16-5-9-18(10-6-16)21(26)24-20(22(27)23-13-14-25(2)3)15-17-7-11-19(28-4)12-8-17/h5-12,15H,13-14H2,1-4H3,(H,23,27)(H,24,26). The van der Waals surface area contributed by atoms with Crippen LogP contribution in [0.5, 0.6) is 5.75 Å². The molecule has 0 aliphatic carbocycles. The van der Waals surface area contributed by atoms with Gasteiger partial charge in [-0.1, -0.05) is 29.8 Å². The van der Waals surface area contributed by atoms with Crippen molar-refractivity contribution in [3.63, 3.8) is 0 Å². The highest BCUT2D eigenvalue weighted by molar-refractivity contribution is 6.05. The summed E-state index contributed by atoms with van der Waals surface area (Å²) in [6.07, 6.45) is 1.65. The van der Waals surface area contributed by atoms with Gasteiger partial charge in [-0.25, -0.2) is 0 Å². The number of nitrogens with zero attached hydrogens (tertiary/aromatic N) is 1. The molecule has 0 saturated heterocycles. The van der Waals surface area contributed by atoms with E-state index in [-0.39, 0.29) is 17.5 Å². The normalized spacial score (nSPS) is 11.2. The van der Waals surface area contributed by atoms with Crippen LogP contribution in [0.25, 0.3) is 6.08 Å². The van der Waals surface area contributed by atoms with Gasteiger partial charge in [-0.15, -0.1) is 0 Å². The van der Waals surface area contributed by atoms with Crippen molar-refractivity contribution in [1.82, 2.24) is 15.5 Å². The molecule has 2 aromatic carbocycles. The predicted molar refractivity (Wildman–Crippen MR) is 111 cm³/mol. The maximum absolute atomic E-state index is 12.6. The molecule has 0 unspecified atom stereocenters. The molecular weight excluding hydrogens is 354 g/mol. The summed E-state index contributed by atoms with van der Waals surface area (Å²) >= 11 is 0. The molecular formula is C22H27N3O3. The Bertz CT molecular complexity index is 825. The van der Waals surface area contributed by atoms with Crippen molar-refractivity contribution in [2.45, 2.75) is 6.92 Å². The van der Waals surface area contributed by atoms with Crippen LogP contribution in [0, 0.1) is 6.92 Å². The molecule has 0 radical (unpaired) electrons. The number of benzene rings is 2. The number of amides is 2. The highest BCUT2D eigenvalue weighted by atomic mass is 16.5. The van der Waals surface area contributed by atoms with E-state index in [1.807, 2.05) is 50.2 Å². The second-order valence-corrected chi connectivity index (χ2v) is 6.71. The first-order chi connectivity index (χ1) is 13.4. The zero-order valence-electron chi connectivity index (χ0n) is 16.8. The maximum atomic E-state index is 12.6. The summed E-state index contributed by atoms with van der Waals surface area (Å²) in [6.45, 7) is 3.13. The molecule has 0 fully saturated rings. The Balaban J connectivity index is 2.21. The van der Waals surface area contributed by atoms with E-state index in [4.69, 9.17) is 4.74 Å². The Kier molecular flexibility index (Phi) is 7.77. The Morgan fingerprint density at radius 1 is 1.04 bits per heavy atom. The van der Waals surface area contributed by atoms with Gasteiger partial charge < -0.3 is 20.3 Å². The number of methoxy groups -OCH3 is 1. The molecule has 2 aromatic rings. The lowest BCUT2D eigenvalue weighted by molar-refractivity contribution is -0.117. The molecule has 0 atom stereocenters. The minimum absolute atomic E-state index is 0.189. The Labute approximate surface area is 166 Å². The molecule has 2 N–H and O–H groups in total. The first-order valence-electron chi connectivity index (χ1n) is 9.05. The number of ether oxygens (including phenoxy) is 1. The van der Waals surface area contributed by atoms with Crippen molar-refractivity contribution in [2.75, 3.05) is 34.3 Å². The highest BCUT2D eigenvalue weighted by Crippen LogP contribution is 2.14. The lowest BCUT2D eigenvalue weighted by Crippen LogP contribution is -2.37. The van der Waals surface area contributed by atoms with Gasteiger partial charge in [0.1, 0.15) is 11.4 Å². The van der Waals surface area contributed by atoms with Crippen LogP contribution in [0.4, 0.5) is 0 Å². The second-order valence-electron chi connectivity index (χ2n) is 6.71. The van der Waals surface area contributed by atoms with Crippen LogP contribution in [0.3, 0.4) is 0 Å². The molecule has 0 spiro atoms. The van der Waals surface area contributed by atoms with Crippen molar-refractivity contribution >= 4 is 17.9 Å². The van der Waals surface area contributed by atoms with Crippen LogP contribution in [0.2, 0.25) is 0 Å². The largest absolute Gasteiger partial charge is 0.497 e. The molecule has 0 heterocycles. The second kappa shape index (κ2) is 10.3. The lowest BCUT2D eigenvalue weighted by atomic mass is 10.1. The van der Waals surface area contributed by atoms with Crippen LogP contribution >= 0.6 is 0 Å². The zero-order valence-corrected chi connectivity index (χ0v) is 16.8. The van der Waals surface area contributed by atoms with Gasteiger partial charge in [0.25, 0.3) is 11.8 Å². The summed E-state index contributed by atoms with van der Waals surface area (Å²) in [4.78, 5) is 27.2. The van der Waals surface area contributed by atoms with Crippen LogP contribution in [0.1, 0.15) is 21.5 Å². The van der Waals surface area contributed by atoms with Gasteiger partial charge in [0, 0.05) is 18.7 Å². The van der Waals surface area contributed by atoms with E-state index >= 15 is 0 Å². The van der Waals surface area contributed by atoms with Gasteiger partial charge in [-0.05, 0) is 56.9 Å². The third kappa shape index (κ3) is 6.55. The third-order valence-electron chi connectivity index (χ3n) is 4.08. The summed E-state index contributed by atoms with van der Waals surface area (Å²) in [7, 11) is 5.45.